The topological polar surface area (TPSA) is 0 Å². The summed E-state index contributed by atoms with van der Waals surface area (Å²) in [5.74, 6) is 0. The summed E-state index contributed by atoms with van der Waals surface area (Å²) in [4.78, 5) is 0. The third kappa shape index (κ3) is 4.80. The fourth-order valence-electron chi connectivity index (χ4n) is 0.354. The molecule has 0 saturated heterocycles. The quantitative estimate of drug-likeness (QED) is 0.472. The SMILES string of the molecule is CC[CH2][Sn+2][CH2]C. The van der Waals surface area contributed by atoms with E-state index in [-0.39, 0.29) is 21.1 Å². The number of hydrogen-bond donors (Lipinski definition) is 0. The molecule has 0 aromatic rings. The average molecular weight is 191 g/mol. The van der Waals surface area contributed by atoms with E-state index in [9.17, 15) is 0 Å². The van der Waals surface area contributed by atoms with Crippen LogP contribution in [0.2, 0.25) is 8.87 Å². The second-order valence-corrected chi connectivity index (χ2v) is 6.23. The molecule has 0 radical (unpaired) electrons. The normalized spacial score (nSPS) is 7.67. The molecule has 0 aromatic carbocycles. The molecule has 0 rings (SSSR count). The van der Waals surface area contributed by atoms with Crippen molar-refractivity contribution >= 4 is 21.1 Å². The van der Waals surface area contributed by atoms with Gasteiger partial charge in [-0.1, -0.05) is 0 Å². The van der Waals surface area contributed by atoms with Crippen molar-refractivity contribution in [2.24, 2.45) is 0 Å². The Labute approximate surface area is 50.5 Å². The predicted molar refractivity (Wildman–Crippen MR) is 31.3 cm³/mol. The van der Waals surface area contributed by atoms with Crippen LogP contribution >= 0.6 is 0 Å². The molecular weight excluding hydrogens is 179 g/mol. The fourth-order valence-corrected chi connectivity index (χ4v) is 2.37. The Bertz CT molecular complexity index is 15.9. The first-order chi connectivity index (χ1) is 2.91. The van der Waals surface area contributed by atoms with Crippen LogP contribution in [0.1, 0.15) is 20.3 Å². The second kappa shape index (κ2) is 5.80. The third-order valence-corrected chi connectivity index (χ3v) is 4.54. The van der Waals surface area contributed by atoms with Gasteiger partial charge in [0.2, 0.25) is 0 Å². The van der Waals surface area contributed by atoms with E-state index in [1.54, 1.807) is 4.44 Å². The van der Waals surface area contributed by atoms with Gasteiger partial charge in [-0.15, -0.1) is 0 Å². The van der Waals surface area contributed by atoms with Gasteiger partial charge in [0, 0.05) is 0 Å². The van der Waals surface area contributed by atoms with Crippen LogP contribution in [0.3, 0.4) is 0 Å². The van der Waals surface area contributed by atoms with Crippen molar-refractivity contribution in [1.29, 1.82) is 0 Å². The second-order valence-electron chi connectivity index (χ2n) is 1.35. The van der Waals surface area contributed by atoms with Crippen LogP contribution in [-0.2, 0) is 0 Å². The molecule has 0 atom stereocenters. The van der Waals surface area contributed by atoms with Gasteiger partial charge >= 0.3 is 50.3 Å². The zero-order chi connectivity index (χ0) is 4.83. The summed E-state index contributed by atoms with van der Waals surface area (Å²) in [6.07, 6.45) is 1.43. The first-order valence-corrected chi connectivity index (χ1v) is 6.66. The summed E-state index contributed by atoms with van der Waals surface area (Å²) in [5, 5.41) is 0. The molecule has 0 unspecified atom stereocenters. The molecule has 0 nitrogen and oxygen atoms in total. The van der Waals surface area contributed by atoms with E-state index >= 15 is 0 Å². The first kappa shape index (κ1) is 6.80. The van der Waals surface area contributed by atoms with Gasteiger partial charge in [-0.25, -0.2) is 0 Å². The van der Waals surface area contributed by atoms with Crippen molar-refractivity contribution in [3.63, 3.8) is 0 Å². The Hall–Kier alpha value is 0.799. The Morgan fingerprint density at radius 1 is 1.33 bits per heavy atom. The van der Waals surface area contributed by atoms with Gasteiger partial charge in [0.05, 0.1) is 0 Å². The van der Waals surface area contributed by atoms with Crippen molar-refractivity contribution in [2.75, 3.05) is 0 Å². The molecule has 0 spiro atoms. The summed E-state index contributed by atoms with van der Waals surface area (Å²) in [7, 11) is 0. The summed E-state index contributed by atoms with van der Waals surface area (Å²) >= 11 is 0.200. The van der Waals surface area contributed by atoms with E-state index in [0.29, 0.717) is 0 Å². The average Bonchev–Trinajstić information content (AvgIpc) is 1.61. The maximum atomic E-state index is 2.31. The maximum absolute atomic E-state index is 2.31. The summed E-state index contributed by atoms with van der Waals surface area (Å²) < 4.78 is 3.11. The molecule has 0 aromatic heterocycles. The molecule has 0 saturated carbocycles. The number of rotatable bonds is 3. The van der Waals surface area contributed by atoms with Crippen LogP contribution in [0.15, 0.2) is 0 Å². The zero-order valence-corrected chi connectivity index (χ0v) is 7.48. The van der Waals surface area contributed by atoms with Gasteiger partial charge in [-0.3, -0.25) is 0 Å². The van der Waals surface area contributed by atoms with Crippen LogP contribution in [0, 0.1) is 0 Å². The minimum absolute atomic E-state index is 0.200. The van der Waals surface area contributed by atoms with Crippen LogP contribution in [0.4, 0.5) is 0 Å². The molecule has 0 aliphatic carbocycles. The Kier molecular flexibility index (Phi) is 6.57. The van der Waals surface area contributed by atoms with Gasteiger partial charge in [0.15, 0.2) is 0 Å². The van der Waals surface area contributed by atoms with Gasteiger partial charge in [0.1, 0.15) is 0 Å². The Morgan fingerprint density at radius 2 is 2.00 bits per heavy atom. The van der Waals surface area contributed by atoms with Crippen molar-refractivity contribution in [2.45, 2.75) is 29.1 Å². The summed E-state index contributed by atoms with van der Waals surface area (Å²) in [6, 6.07) is 0. The van der Waals surface area contributed by atoms with Crippen LogP contribution < -0.4 is 0 Å². The summed E-state index contributed by atoms with van der Waals surface area (Å²) in [5.41, 5.74) is 0. The monoisotopic (exact) mass is 192 g/mol. The van der Waals surface area contributed by atoms with Crippen molar-refractivity contribution < 1.29 is 0 Å². The molecule has 1 heteroatoms. The van der Waals surface area contributed by atoms with Crippen molar-refractivity contribution in [1.82, 2.24) is 0 Å². The molecule has 0 N–H and O–H groups in total. The minimum atomic E-state index is 0.200. The van der Waals surface area contributed by atoms with Crippen molar-refractivity contribution in [3.8, 4) is 0 Å². The third-order valence-electron chi connectivity index (χ3n) is 0.677. The molecule has 0 amide bonds. The van der Waals surface area contributed by atoms with E-state index in [4.69, 9.17) is 0 Å². The van der Waals surface area contributed by atoms with E-state index < -0.39 is 0 Å². The van der Waals surface area contributed by atoms with E-state index in [1.807, 2.05) is 0 Å². The van der Waals surface area contributed by atoms with Crippen LogP contribution in [-0.4, -0.2) is 21.1 Å². The van der Waals surface area contributed by atoms with Gasteiger partial charge in [-0.2, -0.15) is 0 Å². The van der Waals surface area contributed by atoms with E-state index in [1.165, 1.54) is 10.9 Å². The van der Waals surface area contributed by atoms with E-state index in [0.717, 1.165) is 0 Å². The molecule has 0 aliphatic rings. The summed E-state index contributed by atoms with van der Waals surface area (Å²) in [6.45, 7) is 4.58. The molecule has 0 bridgehead atoms. The molecule has 0 fully saturated rings. The Balaban J connectivity index is 2.34. The number of hydrogen-bond acceptors (Lipinski definition) is 0. The van der Waals surface area contributed by atoms with Crippen LogP contribution in [0.5, 0.6) is 0 Å². The van der Waals surface area contributed by atoms with Crippen LogP contribution in [0.25, 0.3) is 0 Å². The van der Waals surface area contributed by atoms with Gasteiger partial charge in [-0.05, 0) is 0 Å². The predicted octanol–water partition coefficient (Wildman–Crippen LogP) is 1.96. The standard InChI is InChI=1S/C3H7.C2H5.Sn/c1-3-2;1-2;/h1,3H2,2H3;1H2,2H3;/q;;+2. The Morgan fingerprint density at radius 3 is 2.17 bits per heavy atom. The zero-order valence-electron chi connectivity index (χ0n) is 4.62. The van der Waals surface area contributed by atoms with E-state index in [2.05, 4.69) is 13.8 Å². The van der Waals surface area contributed by atoms with Crippen molar-refractivity contribution in [3.05, 3.63) is 0 Å². The molecule has 0 aliphatic heterocycles. The molecule has 34 valence electrons. The molecule has 6 heavy (non-hydrogen) atoms. The molecule has 0 heterocycles. The van der Waals surface area contributed by atoms with Gasteiger partial charge < -0.3 is 0 Å². The van der Waals surface area contributed by atoms with Gasteiger partial charge in [0.25, 0.3) is 0 Å². The first-order valence-electron chi connectivity index (χ1n) is 2.62. The fraction of sp³-hybridized carbons (Fsp3) is 1.00. The molecular formula is C5H12Sn+2.